The molecule has 0 aliphatic carbocycles. The van der Waals surface area contributed by atoms with Gasteiger partial charge in [-0.2, -0.15) is 0 Å². The molecule has 1 aliphatic rings. The van der Waals surface area contributed by atoms with Gasteiger partial charge in [0.25, 0.3) is 5.91 Å². The third-order valence-electron chi connectivity index (χ3n) is 4.68. The highest BCUT2D eigenvalue weighted by atomic mass is 16.5. The Labute approximate surface area is 159 Å². The van der Waals surface area contributed by atoms with E-state index < -0.39 is 0 Å². The van der Waals surface area contributed by atoms with Gasteiger partial charge in [0.2, 0.25) is 0 Å². The molecule has 0 spiro atoms. The number of ether oxygens (including phenoxy) is 1. The van der Waals surface area contributed by atoms with Gasteiger partial charge in [0, 0.05) is 18.7 Å². The van der Waals surface area contributed by atoms with E-state index in [0.29, 0.717) is 23.7 Å². The van der Waals surface area contributed by atoms with Crippen molar-refractivity contribution in [1.29, 1.82) is 0 Å². The van der Waals surface area contributed by atoms with E-state index in [1.54, 1.807) is 16.8 Å². The lowest BCUT2D eigenvalue weighted by molar-refractivity contribution is 0.0946. The second-order valence-corrected chi connectivity index (χ2v) is 7.11. The molecule has 8 nitrogen and oxygen atoms in total. The third-order valence-corrected chi connectivity index (χ3v) is 4.68. The SMILES string of the molecule is CC(C)n1nnnc1COc1cccc(C(=O)NCCN2CCCCC2)c1. The molecule has 1 amide bonds. The molecule has 3 rings (SSSR count). The van der Waals surface area contributed by atoms with Crippen LogP contribution in [-0.4, -0.2) is 57.2 Å². The normalized spacial score (nSPS) is 15.1. The summed E-state index contributed by atoms with van der Waals surface area (Å²) in [7, 11) is 0. The highest BCUT2D eigenvalue weighted by molar-refractivity contribution is 5.94. The van der Waals surface area contributed by atoms with Crippen LogP contribution in [0.3, 0.4) is 0 Å². The maximum atomic E-state index is 12.4. The number of rotatable bonds is 8. The lowest BCUT2D eigenvalue weighted by atomic mass is 10.1. The molecule has 0 bridgehead atoms. The van der Waals surface area contributed by atoms with Crippen LogP contribution in [0.15, 0.2) is 24.3 Å². The van der Waals surface area contributed by atoms with Crippen molar-refractivity contribution in [2.24, 2.45) is 0 Å². The number of carbonyl (C=O) groups is 1. The third kappa shape index (κ3) is 5.50. The summed E-state index contributed by atoms with van der Waals surface area (Å²) in [6.07, 6.45) is 3.83. The largest absolute Gasteiger partial charge is 0.486 e. The Morgan fingerprint density at radius 1 is 1.26 bits per heavy atom. The summed E-state index contributed by atoms with van der Waals surface area (Å²) in [5.74, 6) is 1.20. The molecular formula is C19H28N6O2. The van der Waals surface area contributed by atoms with E-state index >= 15 is 0 Å². The fourth-order valence-corrected chi connectivity index (χ4v) is 3.20. The van der Waals surface area contributed by atoms with Gasteiger partial charge in [-0.15, -0.1) is 5.10 Å². The predicted molar refractivity (Wildman–Crippen MR) is 102 cm³/mol. The quantitative estimate of drug-likeness (QED) is 0.763. The zero-order valence-corrected chi connectivity index (χ0v) is 16.1. The van der Waals surface area contributed by atoms with E-state index in [-0.39, 0.29) is 18.6 Å². The minimum Gasteiger partial charge on any atom is -0.486 e. The number of aromatic nitrogens is 4. The molecule has 0 atom stereocenters. The summed E-state index contributed by atoms with van der Waals surface area (Å²) in [6.45, 7) is 8.10. The number of nitrogens with one attached hydrogen (secondary N) is 1. The molecule has 0 unspecified atom stereocenters. The van der Waals surface area contributed by atoms with Crippen LogP contribution in [0.5, 0.6) is 5.75 Å². The average molecular weight is 372 g/mol. The van der Waals surface area contributed by atoms with Crippen molar-refractivity contribution in [2.45, 2.75) is 45.8 Å². The second kappa shape index (κ2) is 9.45. The van der Waals surface area contributed by atoms with Crippen LogP contribution in [0, 0.1) is 0 Å². The van der Waals surface area contributed by atoms with Crippen molar-refractivity contribution < 1.29 is 9.53 Å². The first kappa shape index (κ1) is 19.3. The first-order valence-electron chi connectivity index (χ1n) is 9.63. The summed E-state index contributed by atoms with van der Waals surface area (Å²) < 4.78 is 7.50. The standard InChI is InChI=1S/C19H28N6O2/c1-15(2)25-18(21-22-23-25)14-27-17-8-6-7-16(13-17)19(26)20-9-12-24-10-4-3-5-11-24/h6-8,13,15H,3-5,9-12,14H2,1-2H3,(H,20,26). The minimum absolute atomic E-state index is 0.0792. The van der Waals surface area contributed by atoms with Crippen LogP contribution >= 0.6 is 0 Å². The molecule has 1 aromatic carbocycles. The van der Waals surface area contributed by atoms with E-state index in [0.717, 1.165) is 19.6 Å². The number of benzene rings is 1. The van der Waals surface area contributed by atoms with Gasteiger partial charge in [-0.05, 0) is 68.4 Å². The number of tetrazole rings is 1. The highest BCUT2D eigenvalue weighted by Crippen LogP contribution is 2.15. The molecule has 0 radical (unpaired) electrons. The first-order valence-corrected chi connectivity index (χ1v) is 9.63. The van der Waals surface area contributed by atoms with Crippen LogP contribution in [-0.2, 0) is 6.61 Å². The topological polar surface area (TPSA) is 85.2 Å². The summed E-state index contributed by atoms with van der Waals surface area (Å²) in [5.41, 5.74) is 0.592. The number of hydrogen-bond acceptors (Lipinski definition) is 6. The number of hydrogen-bond donors (Lipinski definition) is 1. The van der Waals surface area contributed by atoms with Gasteiger partial charge < -0.3 is 15.0 Å². The molecule has 146 valence electrons. The lowest BCUT2D eigenvalue weighted by Gasteiger charge is -2.26. The Kier molecular flexibility index (Phi) is 6.75. The highest BCUT2D eigenvalue weighted by Gasteiger charge is 2.12. The number of likely N-dealkylation sites (tertiary alicyclic amines) is 1. The molecule has 8 heteroatoms. The molecule has 1 aromatic heterocycles. The van der Waals surface area contributed by atoms with Crippen molar-refractivity contribution in [1.82, 2.24) is 30.4 Å². The van der Waals surface area contributed by atoms with Crippen LogP contribution in [0.4, 0.5) is 0 Å². The Morgan fingerprint density at radius 3 is 2.85 bits per heavy atom. The summed E-state index contributed by atoms with van der Waals surface area (Å²) in [6, 6.07) is 7.35. The van der Waals surface area contributed by atoms with Crippen molar-refractivity contribution in [2.75, 3.05) is 26.2 Å². The van der Waals surface area contributed by atoms with Crippen LogP contribution in [0.2, 0.25) is 0 Å². The first-order chi connectivity index (χ1) is 13.1. The van der Waals surface area contributed by atoms with Gasteiger partial charge in [0.05, 0.1) is 6.04 Å². The maximum Gasteiger partial charge on any atom is 0.251 e. The summed E-state index contributed by atoms with van der Waals surface area (Å²) >= 11 is 0. The predicted octanol–water partition coefficient (Wildman–Crippen LogP) is 2.05. The summed E-state index contributed by atoms with van der Waals surface area (Å²) in [4.78, 5) is 14.8. The Morgan fingerprint density at radius 2 is 2.07 bits per heavy atom. The van der Waals surface area contributed by atoms with E-state index in [1.165, 1.54) is 19.3 Å². The number of piperidine rings is 1. The Bertz CT molecular complexity index is 739. The van der Waals surface area contributed by atoms with Gasteiger partial charge in [-0.3, -0.25) is 4.79 Å². The van der Waals surface area contributed by atoms with E-state index in [2.05, 4.69) is 25.7 Å². The van der Waals surface area contributed by atoms with Gasteiger partial charge in [0.1, 0.15) is 12.4 Å². The lowest BCUT2D eigenvalue weighted by Crippen LogP contribution is -2.37. The van der Waals surface area contributed by atoms with Gasteiger partial charge in [-0.25, -0.2) is 4.68 Å². The maximum absolute atomic E-state index is 12.4. The molecule has 0 saturated carbocycles. The fourth-order valence-electron chi connectivity index (χ4n) is 3.20. The second-order valence-electron chi connectivity index (χ2n) is 7.11. The van der Waals surface area contributed by atoms with Crippen molar-refractivity contribution in [3.63, 3.8) is 0 Å². The van der Waals surface area contributed by atoms with Crippen LogP contribution in [0.25, 0.3) is 0 Å². The molecule has 27 heavy (non-hydrogen) atoms. The van der Waals surface area contributed by atoms with Crippen molar-refractivity contribution in [3.05, 3.63) is 35.7 Å². The molecule has 2 heterocycles. The summed E-state index contributed by atoms with van der Waals surface area (Å²) in [5, 5.41) is 14.6. The van der Waals surface area contributed by atoms with Crippen LogP contribution < -0.4 is 10.1 Å². The molecule has 1 N–H and O–H groups in total. The zero-order chi connectivity index (χ0) is 19.1. The molecule has 1 aliphatic heterocycles. The number of carbonyl (C=O) groups excluding carboxylic acids is 1. The number of nitrogens with zero attached hydrogens (tertiary/aromatic N) is 5. The number of amides is 1. The monoisotopic (exact) mass is 372 g/mol. The van der Waals surface area contributed by atoms with E-state index in [4.69, 9.17) is 4.74 Å². The van der Waals surface area contributed by atoms with Crippen molar-refractivity contribution in [3.8, 4) is 5.75 Å². The molecule has 2 aromatic rings. The van der Waals surface area contributed by atoms with E-state index in [9.17, 15) is 4.79 Å². The van der Waals surface area contributed by atoms with Gasteiger partial charge in [-0.1, -0.05) is 12.5 Å². The van der Waals surface area contributed by atoms with Gasteiger partial charge >= 0.3 is 0 Å². The van der Waals surface area contributed by atoms with Crippen LogP contribution in [0.1, 0.15) is 55.3 Å². The van der Waals surface area contributed by atoms with Crippen molar-refractivity contribution >= 4 is 5.91 Å². The zero-order valence-electron chi connectivity index (χ0n) is 16.1. The molecule has 1 saturated heterocycles. The smallest absolute Gasteiger partial charge is 0.251 e. The minimum atomic E-state index is -0.0792. The average Bonchev–Trinajstić information content (AvgIpc) is 3.16. The fraction of sp³-hybridized carbons (Fsp3) is 0.579. The molecule has 1 fully saturated rings. The Balaban J connectivity index is 1.50. The van der Waals surface area contributed by atoms with Gasteiger partial charge in [0.15, 0.2) is 5.82 Å². The Hall–Kier alpha value is -2.48. The van der Waals surface area contributed by atoms with E-state index in [1.807, 2.05) is 26.0 Å². The molecular weight excluding hydrogens is 344 g/mol.